The van der Waals surface area contributed by atoms with Crippen LogP contribution in [-0.2, 0) is 16.0 Å². The van der Waals surface area contributed by atoms with E-state index < -0.39 is 0 Å². The van der Waals surface area contributed by atoms with Gasteiger partial charge >= 0.3 is 0 Å². The molecule has 3 aromatic carbocycles. The molecule has 0 fully saturated rings. The van der Waals surface area contributed by atoms with Crippen LogP contribution in [0.15, 0.2) is 72.4 Å². The highest BCUT2D eigenvalue weighted by Gasteiger charge is 2.43. The molecule has 3 aromatic rings. The van der Waals surface area contributed by atoms with Gasteiger partial charge in [-0.2, -0.15) is 0 Å². The van der Waals surface area contributed by atoms with Crippen LogP contribution in [-0.4, -0.2) is 32.6 Å². The first-order valence-corrected chi connectivity index (χ1v) is 11.3. The number of carbonyl (C=O) groups excluding carboxylic acids is 2. The number of nitrogens with zero attached hydrogens (tertiary/aromatic N) is 2. The summed E-state index contributed by atoms with van der Waals surface area (Å²) in [6, 6.07) is 20.8. The minimum atomic E-state index is -0.346. The zero-order valence-corrected chi connectivity index (χ0v) is 19.5. The third-order valence-corrected chi connectivity index (χ3v) is 6.37. The van der Waals surface area contributed by atoms with Crippen LogP contribution in [0.4, 0.5) is 11.4 Å². The Hall–Kier alpha value is -4.06. The molecule has 6 heteroatoms. The minimum Gasteiger partial charge on any atom is -0.493 e. The van der Waals surface area contributed by atoms with Crippen molar-refractivity contribution in [3.05, 3.63) is 89.1 Å². The summed E-state index contributed by atoms with van der Waals surface area (Å²) in [6.07, 6.45) is 1.83. The number of benzene rings is 3. The summed E-state index contributed by atoms with van der Waals surface area (Å²) >= 11 is 0. The third kappa shape index (κ3) is 3.52. The molecule has 0 unspecified atom stereocenters. The van der Waals surface area contributed by atoms with E-state index in [-0.39, 0.29) is 11.8 Å². The first kappa shape index (κ1) is 21.8. The Labute approximate surface area is 199 Å². The van der Waals surface area contributed by atoms with Gasteiger partial charge in [0.1, 0.15) is 5.70 Å². The summed E-state index contributed by atoms with van der Waals surface area (Å²) in [5.41, 5.74) is 5.05. The fourth-order valence-corrected chi connectivity index (χ4v) is 4.79. The number of aryl methyl sites for hydroxylation is 2. The maximum atomic E-state index is 13.9. The van der Waals surface area contributed by atoms with Crippen molar-refractivity contribution in [2.24, 2.45) is 0 Å². The van der Waals surface area contributed by atoms with Crippen molar-refractivity contribution in [3.63, 3.8) is 0 Å². The van der Waals surface area contributed by atoms with Crippen LogP contribution in [0.2, 0.25) is 0 Å². The molecule has 2 amide bonds. The van der Waals surface area contributed by atoms with Crippen molar-refractivity contribution >= 4 is 28.8 Å². The predicted octanol–water partition coefficient (Wildman–Crippen LogP) is 4.75. The Morgan fingerprint density at radius 1 is 0.824 bits per heavy atom. The summed E-state index contributed by atoms with van der Waals surface area (Å²) in [6.45, 7) is 2.60. The lowest BCUT2D eigenvalue weighted by Gasteiger charge is -2.32. The molecule has 0 spiro atoms. The van der Waals surface area contributed by atoms with Crippen molar-refractivity contribution in [1.82, 2.24) is 0 Å². The molecule has 0 saturated carbocycles. The van der Waals surface area contributed by atoms with Crippen molar-refractivity contribution in [3.8, 4) is 11.5 Å². The van der Waals surface area contributed by atoms with E-state index in [0.717, 1.165) is 24.1 Å². The minimum absolute atomic E-state index is 0.322. The van der Waals surface area contributed by atoms with Crippen molar-refractivity contribution in [1.29, 1.82) is 0 Å². The Kier molecular flexibility index (Phi) is 5.57. The van der Waals surface area contributed by atoms with Crippen molar-refractivity contribution in [2.75, 3.05) is 30.6 Å². The Morgan fingerprint density at radius 3 is 2.38 bits per heavy atom. The number of hydrogen-bond acceptors (Lipinski definition) is 5. The van der Waals surface area contributed by atoms with E-state index in [1.54, 1.807) is 38.5 Å². The second-order valence-corrected chi connectivity index (χ2v) is 8.46. The van der Waals surface area contributed by atoms with Crippen LogP contribution in [0.25, 0.3) is 5.57 Å². The van der Waals surface area contributed by atoms with Gasteiger partial charge in [-0.1, -0.05) is 36.4 Å². The third-order valence-electron chi connectivity index (χ3n) is 6.37. The smallest absolute Gasteiger partial charge is 0.282 e. The Balaban J connectivity index is 1.72. The van der Waals surface area contributed by atoms with Crippen LogP contribution in [0.5, 0.6) is 11.5 Å². The first-order chi connectivity index (χ1) is 16.5. The SMILES string of the molecule is COc1ccc(C2=C(N3CCCc4ccccc43)C(=O)N(c3cccc(C)c3)C2=O)cc1OC. The number of imide groups is 1. The lowest BCUT2D eigenvalue weighted by Crippen LogP contribution is -2.37. The monoisotopic (exact) mass is 454 g/mol. The van der Waals surface area contributed by atoms with E-state index in [2.05, 4.69) is 6.07 Å². The number of carbonyl (C=O) groups is 2. The highest BCUT2D eigenvalue weighted by atomic mass is 16.5. The van der Waals surface area contributed by atoms with Gasteiger partial charge in [0.05, 0.1) is 25.5 Å². The molecule has 5 rings (SSSR count). The van der Waals surface area contributed by atoms with Gasteiger partial charge in [-0.25, -0.2) is 4.90 Å². The zero-order chi connectivity index (χ0) is 23.8. The Bertz CT molecular complexity index is 1330. The molecule has 0 radical (unpaired) electrons. The molecule has 172 valence electrons. The van der Waals surface area contributed by atoms with Crippen molar-refractivity contribution < 1.29 is 19.1 Å². The average Bonchev–Trinajstić information content (AvgIpc) is 3.12. The van der Waals surface area contributed by atoms with Gasteiger partial charge in [-0.05, 0) is 66.8 Å². The van der Waals surface area contributed by atoms with E-state index in [1.165, 1.54) is 10.5 Å². The lowest BCUT2D eigenvalue weighted by molar-refractivity contribution is -0.120. The average molecular weight is 455 g/mol. The predicted molar refractivity (Wildman–Crippen MR) is 132 cm³/mol. The molecule has 2 heterocycles. The molecule has 0 aliphatic carbocycles. The molecule has 0 N–H and O–H groups in total. The van der Waals surface area contributed by atoms with Gasteiger partial charge in [0, 0.05) is 12.2 Å². The van der Waals surface area contributed by atoms with Gasteiger partial charge in [-0.15, -0.1) is 0 Å². The summed E-state index contributed by atoms with van der Waals surface area (Å²) in [4.78, 5) is 31.1. The second kappa shape index (κ2) is 8.71. The number of fused-ring (bicyclic) bond motifs is 1. The van der Waals surface area contributed by atoms with Crippen LogP contribution in [0, 0.1) is 6.92 Å². The fraction of sp³-hybridized carbons (Fsp3) is 0.214. The van der Waals surface area contributed by atoms with Crippen LogP contribution in [0.1, 0.15) is 23.1 Å². The maximum absolute atomic E-state index is 13.9. The summed E-state index contributed by atoms with van der Waals surface area (Å²) in [5.74, 6) is 0.391. The first-order valence-electron chi connectivity index (χ1n) is 11.3. The molecule has 0 aromatic heterocycles. The van der Waals surface area contributed by atoms with E-state index in [1.807, 2.05) is 48.2 Å². The van der Waals surface area contributed by atoms with Gasteiger partial charge in [0.2, 0.25) is 0 Å². The zero-order valence-electron chi connectivity index (χ0n) is 19.5. The van der Waals surface area contributed by atoms with Crippen LogP contribution in [0.3, 0.4) is 0 Å². The van der Waals surface area contributed by atoms with E-state index in [9.17, 15) is 9.59 Å². The van der Waals surface area contributed by atoms with Gasteiger partial charge in [0.25, 0.3) is 11.8 Å². The number of anilines is 2. The number of ether oxygens (including phenoxy) is 2. The number of hydrogen-bond donors (Lipinski definition) is 0. The van der Waals surface area contributed by atoms with E-state index in [4.69, 9.17) is 9.47 Å². The molecule has 0 atom stereocenters. The van der Waals surface area contributed by atoms with Crippen LogP contribution < -0.4 is 19.3 Å². The largest absolute Gasteiger partial charge is 0.493 e. The summed E-state index contributed by atoms with van der Waals surface area (Å²) in [5, 5.41) is 0. The fourth-order valence-electron chi connectivity index (χ4n) is 4.79. The van der Waals surface area contributed by atoms with Gasteiger partial charge < -0.3 is 14.4 Å². The molecule has 0 bridgehead atoms. The van der Waals surface area contributed by atoms with Gasteiger partial charge in [0.15, 0.2) is 11.5 Å². The standard InChI is InChI=1S/C28H26N2O4/c1-18-8-6-11-21(16-18)30-27(31)25(20-13-14-23(33-2)24(17-20)34-3)26(28(30)32)29-15-7-10-19-9-4-5-12-22(19)29/h4-6,8-9,11-14,16-17H,7,10,15H2,1-3H3. The molecule has 0 saturated heterocycles. The molecular formula is C28H26N2O4. The molecule has 2 aliphatic rings. The molecule has 6 nitrogen and oxygen atoms in total. The van der Waals surface area contributed by atoms with E-state index >= 15 is 0 Å². The van der Waals surface area contributed by atoms with Gasteiger partial charge in [-0.3, -0.25) is 9.59 Å². The normalized spacial score (nSPS) is 15.6. The number of rotatable bonds is 5. The van der Waals surface area contributed by atoms with Crippen LogP contribution >= 0.6 is 0 Å². The number of para-hydroxylation sites is 1. The summed E-state index contributed by atoms with van der Waals surface area (Å²) in [7, 11) is 3.12. The highest BCUT2D eigenvalue weighted by Crippen LogP contribution is 2.41. The second-order valence-electron chi connectivity index (χ2n) is 8.46. The molecule has 34 heavy (non-hydrogen) atoms. The number of methoxy groups -OCH3 is 2. The Morgan fingerprint density at radius 2 is 1.62 bits per heavy atom. The molecule has 2 aliphatic heterocycles. The lowest BCUT2D eigenvalue weighted by atomic mass is 9.98. The quantitative estimate of drug-likeness (QED) is 0.521. The summed E-state index contributed by atoms with van der Waals surface area (Å²) < 4.78 is 10.9. The topological polar surface area (TPSA) is 59.1 Å². The molecular weight excluding hydrogens is 428 g/mol. The van der Waals surface area contributed by atoms with E-state index in [0.29, 0.717) is 40.6 Å². The highest BCUT2D eigenvalue weighted by molar-refractivity contribution is 6.46. The van der Waals surface area contributed by atoms with Crippen molar-refractivity contribution in [2.45, 2.75) is 19.8 Å². The number of amides is 2. The maximum Gasteiger partial charge on any atom is 0.282 e.